The number of benzene rings is 3. The molecular formula is C31H31FN4O3S. The Labute approximate surface area is 236 Å². The zero-order valence-corrected chi connectivity index (χ0v) is 23.2. The minimum atomic E-state index is -0.976. The maximum atomic E-state index is 14.4. The highest BCUT2D eigenvalue weighted by atomic mass is 32.1. The number of nitrogens with two attached hydrogens (primary N) is 1. The van der Waals surface area contributed by atoms with Gasteiger partial charge in [-0.1, -0.05) is 43.2 Å². The Morgan fingerprint density at radius 2 is 1.73 bits per heavy atom. The van der Waals surface area contributed by atoms with Crippen LogP contribution in [0.5, 0.6) is 5.75 Å². The largest absolute Gasteiger partial charge is 0.497 e. The highest BCUT2D eigenvalue weighted by Gasteiger charge is 2.37. The van der Waals surface area contributed by atoms with E-state index in [1.165, 1.54) is 17.0 Å². The van der Waals surface area contributed by atoms with Crippen molar-refractivity contribution in [3.63, 3.8) is 0 Å². The lowest BCUT2D eigenvalue weighted by atomic mass is 10.0. The standard InChI is InChI=1S/C31H31FN4O3S/c1-19-7-3-6-10-25(19)36(31(38)29-26(33)27(35-40-29)20-11-15-22(32)16-12-20)28(21-13-17-24(39-2)18-14-21)30(37)34-23-8-4-5-9-23/h3,6-7,10-18,23,28H,4-5,8-9,33H2,1-2H3,(H,34,37)/t28-/m1/s1. The smallest absolute Gasteiger partial charge is 0.273 e. The van der Waals surface area contributed by atoms with Crippen molar-refractivity contribution in [1.29, 1.82) is 0 Å². The topological polar surface area (TPSA) is 97.5 Å². The lowest BCUT2D eigenvalue weighted by Crippen LogP contribution is -2.46. The number of aryl methyl sites for hydroxylation is 1. The Hall–Kier alpha value is -4.24. The maximum Gasteiger partial charge on any atom is 0.273 e. The molecule has 0 bridgehead atoms. The van der Waals surface area contributed by atoms with Gasteiger partial charge in [-0.2, -0.15) is 4.37 Å². The molecule has 4 aromatic rings. The Kier molecular flexibility index (Phi) is 8.11. The molecule has 7 nitrogen and oxygen atoms in total. The first kappa shape index (κ1) is 27.3. The molecule has 1 aliphatic rings. The van der Waals surface area contributed by atoms with Gasteiger partial charge in [-0.3, -0.25) is 14.5 Å². The van der Waals surface area contributed by atoms with Crippen LogP contribution in [0.15, 0.2) is 72.8 Å². The van der Waals surface area contributed by atoms with E-state index in [1.54, 1.807) is 43.5 Å². The number of carbonyl (C=O) groups excluding carboxylic acids is 2. The number of nitrogens with zero attached hydrogens (tertiary/aromatic N) is 2. The third-order valence-electron chi connectivity index (χ3n) is 7.27. The van der Waals surface area contributed by atoms with Crippen molar-refractivity contribution in [2.24, 2.45) is 0 Å². The number of hydrogen-bond acceptors (Lipinski definition) is 6. The van der Waals surface area contributed by atoms with Crippen LogP contribution < -0.4 is 20.7 Å². The van der Waals surface area contributed by atoms with Gasteiger partial charge in [-0.15, -0.1) is 0 Å². The Morgan fingerprint density at radius 1 is 1.05 bits per heavy atom. The lowest BCUT2D eigenvalue weighted by Gasteiger charge is -2.33. The molecule has 1 heterocycles. The molecular weight excluding hydrogens is 527 g/mol. The van der Waals surface area contributed by atoms with Crippen LogP contribution in [0.2, 0.25) is 0 Å². The predicted molar refractivity (Wildman–Crippen MR) is 156 cm³/mol. The molecule has 0 aliphatic heterocycles. The molecule has 1 atom stereocenters. The molecule has 206 valence electrons. The van der Waals surface area contributed by atoms with Gasteiger partial charge in [-0.25, -0.2) is 4.39 Å². The number of nitrogen functional groups attached to an aromatic ring is 1. The highest BCUT2D eigenvalue weighted by Crippen LogP contribution is 2.37. The fourth-order valence-electron chi connectivity index (χ4n) is 5.13. The average molecular weight is 559 g/mol. The predicted octanol–water partition coefficient (Wildman–Crippen LogP) is 6.30. The van der Waals surface area contributed by atoms with Crippen molar-refractivity contribution in [2.45, 2.75) is 44.7 Å². The summed E-state index contributed by atoms with van der Waals surface area (Å²) >= 11 is 0.964. The van der Waals surface area contributed by atoms with Crippen LogP contribution in [0, 0.1) is 12.7 Å². The van der Waals surface area contributed by atoms with Crippen LogP contribution in [0.1, 0.15) is 52.5 Å². The summed E-state index contributed by atoms with van der Waals surface area (Å²) in [4.78, 5) is 30.2. The summed E-state index contributed by atoms with van der Waals surface area (Å²) in [5.41, 5.74) is 9.73. The second-order valence-corrected chi connectivity index (χ2v) is 10.7. The molecule has 1 aliphatic carbocycles. The van der Waals surface area contributed by atoms with E-state index >= 15 is 0 Å². The first-order chi connectivity index (χ1) is 19.4. The van der Waals surface area contributed by atoms with Crippen LogP contribution in [0.25, 0.3) is 11.3 Å². The molecule has 3 aromatic carbocycles. The summed E-state index contributed by atoms with van der Waals surface area (Å²) in [7, 11) is 1.58. The number of carbonyl (C=O) groups is 2. The molecule has 40 heavy (non-hydrogen) atoms. The first-order valence-electron chi connectivity index (χ1n) is 13.2. The highest BCUT2D eigenvalue weighted by molar-refractivity contribution is 7.09. The number of aromatic nitrogens is 1. The molecule has 5 rings (SSSR count). The zero-order valence-electron chi connectivity index (χ0n) is 22.4. The van der Waals surface area contributed by atoms with E-state index in [9.17, 15) is 14.0 Å². The number of amides is 2. The quantitative estimate of drug-likeness (QED) is 0.265. The second-order valence-electron chi connectivity index (χ2n) is 9.91. The van der Waals surface area contributed by atoms with Crippen LogP contribution >= 0.6 is 11.5 Å². The van der Waals surface area contributed by atoms with Gasteiger partial charge in [-0.05, 0) is 84.9 Å². The number of hydrogen-bond donors (Lipinski definition) is 2. The third-order valence-corrected chi connectivity index (χ3v) is 8.12. The normalized spacial score (nSPS) is 14.1. The fourth-order valence-corrected chi connectivity index (χ4v) is 5.89. The number of halogens is 1. The minimum Gasteiger partial charge on any atom is -0.497 e. The van der Waals surface area contributed by atoms with Gasteiger partial charge in [0.25, 0.3) is 5.91 Å². The molecule has 1 saturated carbocycles. The summed E-state index contributed by atoms with van der Waals surface area (Å²) in [6.07, 6.45) is 3.93. The molecule has 1 fully saturated rings. The van der Waals surface area contributed by atoms with E-state index in [4.69, 9.17) is 10.5 Å². The van der Waals surface area contributed by atoms with Crippen molar-refractivity contribution in [3.8, 4) is 17.0 Å². The number of para-hydroxylation sites is 1. The lowest BCUT2D eigenvalue weighted by molar-refractivity contribution is -0.123. The maximum absolute atomic E-state index is 14.4. The number of nitrogens with one attached hydrogen (secondary N) is 1. The molecule has 3 N–H and O–H groups in total. The minimum absolute atomic E-state index is 0.0561. The molecule has 0 spiro atoms. The number of methoxy groups -OCH3 is 1. The number of rotatable bonds is 8. The summed E-state index contributed by atoms with van der Waals surface area (Å²) < 4.78 is 23.3. The van der Waals surface area contributed by atoms with Crippen LogP contribution in [0.4, 0.5) is 15.8 Å². The SMILES string of the molecule is COc1ccc([C@H](C(=O)NC2CCCC2)N(C(=O)c2snc(-c3ccc(F)cc3)c2N)c2ccccc2C)cc1. The molecule has 0 unspecified atom stereocenters. The third kappa shape index (κ3) is 5.56. The first-order valence-corrected chi connectivity index (χ1v) is 14.0. The fraction of sp³-hybridized carbons (Fsp3) is 0.258. The van der Waals surface area contributed by atoms with Gasteiger partial charge in [0.2, 0.25) is 5.91 Å². The summed E-state index contributed by atoms with van der Waals surface area (Å²) in [5.74, 6) is -0.450. The van der Waals surface area contributed by atoms with Crippen LogP contribution in [-0.4, -0.2) is 29.3 Å². The van der Waals surface area contributed by atoms with E-state index < -0.39 is 11.9 Å². The zero-order chi connectivity index (χ0) is 28.2. The van der Waals surface area contributed by atoms with E-state index in [-0.39, 0.29) is 28.3 Å². The second kappa shape index (κ2) is 11.9. The van der Waals surface area contributed by atoms with Gasteiger partial charge < -0.3 is 15.8 Å². The van der Waals surface area contributed by atoms with Gasteiger partial charge in [0.1, 0.15) is 28.2 Å². The Balaban J connectivity index is 1.62. The summed E-state index contributed by atoms with van der Waals surface area (Å²) in [5, 5.41) is 3.19. The average Bonchev–Trinajstić information content (AvgIpc) is 3.62. The van der Waals surface area contributed by atoms with Gasteiger partial charge in [0.15, 0.2) is 0 Å². The molecule has 9 heteroatoms. The van der Waals surface area contributed by atoms with Gasteiger partial charge >= 0.3 is 0 Å². The number of ether oxygens (including phenoxy) is 1. The molecule has 0 saturated heterocycles. The van der Waals surface area contributed by atoms with Crippen LogP contribution in [-0.2, 0) is 4.79 Å². The van der Waals surface area contributed by atoms with Crippen molar-refractivity contribution in [2.75, 3.05) is 17.7 Å². The van der Waals surface area contributed by atoms with Crippen LogP contribution in [0.3, 0.4) is 0 Å². The van der Waals surface area contributed by atoms with Crippen molar-refractivity contribution >= 4 is 34.7 Å². The molecule has 2 amide bonds. The van der Waals surface area contributed by atoms with E-state index in [2.05, 4.69) is 9.69 Å². The van der Waals surface area contributed by atoms with E-state index in [0.29, 0.717) is 28.3 Å². The molecule has 1 aromatic heterocycles. The Morgan fingerprint density at radius 3 is 2.38 bits per heavy atom. The van der Waals surface area contributed by atoms with Crippen molar-refractivity contribution in [3.05, 3.63) is 94.6 Å². The number of anilines is 2. The van der Waals surface area contributed by atoms with E-state index in [1.807, 2.05) is 31.2 Å². The van der Waals surface area contributed by atoms with Gasteiger partial charge in [0.05, 0.1) is 12.8 Å². The van der Waals surface area contributed by atoms with Gasteiger partial charge in [0, 0.05) is 17.3 Å². The Bertz CT molecular complexity index is 1500. The van der Waals surface area contributed by atoms with Crippen molar-refractivity contribution < 1.29 is 18.7 Å². The van der Waals surface area contributed by atoms with E-state index in [0.717, 1.165) is 42.8 Å². The summed E-state index contributed by atoms with van der Waals surface area (Å²) in [6, 6.07) is 19.5. The molecule has 0 radical (unpaired) electrons. The van der Waals surface area contributed by atoms with Crippen molar-refractivity contribution in [1.82, 2.24) is 9.69 Å². The monoisotopic (exact) mass is 558 g/mol. The summed E-state index contributed by atoms with van der Waals surface area (Å²) in [6.45, 7) is 1.90.